The van der Waals surface area contributed by atoms with E-state index in [4.69, 9.17) is 22.1 Å². The van der Waals surface area contributed by atoms with E-state index >= 15 is 0 Å². The van der Waals surface area contributed by atoms with Gasteiger partial charge in [-0.25, -0.2) is 4.68 Å². The van der Waals surface area contributed by atoms with Gasteiger partial charge in [0.15, 0.2) is 6.23 Å². The summed E-state index contributed by atoms with van der Waals surface area (Å²) < 4.78 is 7.63. The molecule has 5 heteroatoms. The number of hydrogen-bond donors (Lipinski definition) is 1. The van der Waals surface area contributed by atoms with Crippen molar-refractivity contribution >= 4 is 28.2 Å². The Kier molecular flexibility index (Phi) is 2.68. The van der Waals surface area contributed by atoms with Gasteiger partial charge in [-0.2, -0.15) is 5.10 Å². The van der Waals surface area contributed by atoms with Crippen LogP contribution in [0.3, 0.4) is 0 Å². The molecule has 0 amide bonds. The summed E-state index contributed by atoms with van der Waals surface area (Å²) in [7, 11) is 0. The van der Waals surface area contributed by atoms with Crippen LogP contribution in [0.5, 0.6) is 0 Å². The lowest BCUT2D eigenvalue weighted by Gasteiger charge is -2.23. The number of halogens is 1. The molecule has 2 aromatic rings. The molecule has 0 saturated carbocycles. The highest BCUT2D eigenvalue weighted by molar-refractivity contribution is 6.33. The fraction of sp³-hybridized carbons (Fsp3) is 0.417. The van der Waals surface area contributed by atoms with Crippen LogP contribution in [-0.2, 0) is 4.74 Å². The molecule has 17 heavy (non-hydrogen) atoms. The molecule has 2 N–H and O–H groups in total. The maximum atomic E-state index is 6.05. The van der Waals surface area contributed by atoms with Crippen LogP contribution in [0, 0.1) is 0 Å². The number of ether oxygens (including phenoxy) is 1. The SMILES string of the molecule is Nc1cc2cnn(C3CCCCO3)c2cc1Cl. The monoisotopic (exact) mass is 251 g/mol. The molecule has 0 radical (unpaired) electrons. The first-order valence-electron chi connectivity index (χ1n) is 5.79. The average molecular weight is 252 g/mol. The molecule has 1 aliphatic heterocycles. The first kappa shape index (κ1) is 10.9. The Morgan fingerprint density at radius 1 is 1.41 bits per heavy atom. The maximum absolute atomic E-state index is 6.05. The molecule has 1 aliphatic rings. The molecule has 1 aromatic carbocycles. The fourth-order valence-electron chi connectivity index (χ4n) is 2.23. The fourth-order valence-corrected chi connectivity index (χ4v) is 2.39. The number of nitrogens with two attached hydrogens (primary N) is 1. The van der Waals surface area contributed by atoms with E-state index in [1.807, 2.05) is 16.8 Å². The van der Waals surface area contributed by atoms with Crippen LogP contribution >= 0.6 is 11.6 Å². The van der Waals surface area contributed by atoms with E-state index in [1.165, 1.54) is 6.42 Å². The van der Waals surface area contributed by atoms with E-state index in [1.54, 1.807) is 6.20 Å². The minimum atomic E-state index is 0.0286. The molecule has 0 aliphatic carbocycles. The van der Waals surface area contributed by atoms with E-state index < -0.39 is 0 Å². The topological polar surface area (TPSA) is 53.1 Å². The van der Waals surface area contributed by atoms with Crippen LogP contribution < -0.4 is 5.73 Å². The summed E-state index contributed by atoms with van der Waals surface area (Å²) in [6.07, 6.45) is 5.14. The van der Waals surface area contributed by atoms with E-state index in [2.05, 4.69) is 5.10 Å². The van der Waals surface area contributed by atoms with Gasteiger partial charge in [-0.3, -0.25) is 0 Å². The molecule has 1 atom stereocenters. The molecule has 0 bridgehead atoms. The molecule has 1 fully saturated rings. The Morgan fingerprint density at radius 3 is 3.06 bits per heavy atom. The van der Waals surface area contributed by atoms with E-state index in [0.29, 0.717) is 10.7 Å². The summed E-state index contributed by atoms with van der Waals surface area (Å²) in [5, 5.41) is 5.94. The summed E-state index contributed by atoms with van der Waals surface area (Å²) >= 11 is 6.05. The van der Waals surface area contributed by atoms with Gasteiger partial charge in [0, 0.05) is 12.0 Å². The third-order valence-corrected chi connectivity index (χ3v) is 3.47. The van der Waals surface area contributed by atoms with E-state index in [9.17, 15) is 0 Å². The number of fused-ring (bicyclic) bond motifs is 1. The minimum Gasteiger partial charge on any atom is -0.398 e. The Morgan fingerprint density at radius 2 is 2.29 bits per heavy atom. The van der Waals surface area contributed by atoms with Crippen molar-refractivity contribution < 1.29 is 4.74 Å². The highest BCUT2D eigenvalue weighted by atomic mass is 35.5. The van der Waals surface area contributed by atoms with Crippen LogP contribution in [0.25, 0.3) is 10.9 Å². The number of nitrogens with zero attached hydrogens (tertiary/aromatic N) is 2. The van der Waals surface area contributed by atoms with Gasteiger partial charge >= 0.3 is 0 Å². The Labute approximate surface area is 104 Å². The molecule has 0 spiro atoms. The predicted molar refractivity (Wildman–Crippen MR) is 68.0 cm³/mol. The number of nitrogen functional groups attached to an aromatic ring is 1. The van der Waals surface area contributed by atoms with Gasteiger partial charge in [0.2, 0.25) is 0 Å². The van der Waals surface area contributed by atoms with Crippen molar-refractivity contribution in [1.29, 1.82) is 0 Å². The lowest BCUT2D eigenvalue weighted by molar-refractivity contribution is -0.0366. The van der Waals surface area contributed by atoms with Crippen LogP contribution in [0.15, 0.2) is 18.3 Å². The van der Waals surface area contributed by atoms with Crippen molar-refractivity contribution in [3.05, 3.63) is 23.4 Å². The van der Waals surface area contributed by atoms with Crippen molar-refractivity contribution in [2.24, 2.45) is 0 Å². The molecule has 4 nitrogen and oxygen atoms in total. The smallest absolute Gasteiger partial charge is 0.150 e. The first-order chi connectivity index (χ1) is 8.25. The quantitative estimate of drug-likeness (QED) is 0.793. The molecule has 90 valence electrons. The van der Waals surface area contributed by atoms with Crippen molar-refractivity contribution in [3.63, 3.8) is 0 Å². The normalized spacial score (nSPS) is 20.9. The van der Waals surface area contributed by atoms with Crippen LogP contribution in [0.4, 0.5) is 5.69 Å². The van der Waals surface area contributed by atoms with Crippen molar-refractivity contribution in [1.82, 2.24) is 9.78 Å². The second-order valence-electron chi connectivity index (χ2n) is 4.34. The van der Waals surface area contributed by atoms with Crippen molar-refractivity contribution in [2.75, 3.05) is 12.3 Å². The van der Waals surface area contributed by atoms with Gasteiger partial charge in [-0.1, -0.05) is 11.6 Å². The molecular weight excluding hydrogens is 238 g/mol. The standard InChI is InChI=1S/C12H14ClN3O/c13-9-6-11-8(5-10(9)14)7-15-16(11)12-3-1-2-4-17-12/h5-7,12H,1-4,14H2. The molecule has 1 unspecified atom stereocenters. The molecule has 1 saturated heterocycles. The summed E-state index contributed by atoms with van der Waals surface area (Å²) in [4.78, 5) is 0. The van der Waals surface area contributed by atoms with Gasteiger partial charge in [0.1, 0.15) is 0 Å². The second-order valence-corrected chi connectivity index (χ2v) is 4.75. The Balaban J connectivity index is 2.07. The Hall–Kier alpha value is -1.26. The third kappa shape index (κ3) is 1.87. The van der Waals surface area contributed by atoms with Crippen LogP contribution in [0.1, 0.15) is 25.5 Å². The number of rotatable bonds is 1. The molecule has 2 heterocycles. The highest BCUT2D eigenvalue weighted by Gasteiger charge is 2.18. The zero-order valence-electron chi connectivity index (χ0n) is 9.40. The number of anilines is 1. The zero-order valence-corrected chi connectivity index (χ0v) is 10.2. The van der Waals surface area contributed by atoms with Crippen molar-refractivity contribution in [3.8, 4) is 0 Å². The number of aromatic nitrogens is 2. The van der Waals surface area contributed by atoms with Gasteiger partial charge in [0.05, 0.1) is 22.4 Å². The van der Waals surface area contributed by atoms with Crippen LogP contribution in [0.2, 0.25) is 5.02 Å². The summed E-state index contributed by atoms with van der Waals surface area (Å²) in [5.41, 5.74) is 7.34. The largest absolute Gasteiger partial charge is 0.398 e. The second kappa shape index (κ2) is 4.20. The van der Waals surface area contributed by atoms with Gasteiger partial charge < -0.3 is 10.5 Å². The Bertz CT molecular complexity index is 546. The number of benzene rings is 1. The van der Waals surface area contributed by atoms with Gasteiger partial charge in [-0.05, 0) is 31.4 Å². The van der Waals surface area contributed by atoms with Crippen LogP contribution in [-0.4, -0.2) is 16.4 Å². The average Bonchev–Trinajstić information content (AvgIpc) is 2.74. The molecular formula is C12H14ClN3O. The number of hydrogen-bond acceptors (Lipinski definition) is 3. The zero-order chi connectivity index (χ0) is 11.8. The maximum Gasteiger partial charge on any atom is 0.150 e. The molecule has 1 aromatic heterocycles. The summed E-state index contributed by atoms with van der Waals surface area (Å²) in [5.74, 6) is 0. The third-order valence-electron chi connectivity index (χ3n) is 3.14. The molecule has 3 rings (SSSR count). The first-order valence-corrected chi connectivity index (χ1v) is 6.17. The van der Waals surface area contributed by atoms with Gasteiger partial charge in [-0.15, -0.1) is 0 Å². The minimum absolute atomic E-state index is 0.0286. The van der Waals surface area contributed by atoms with Crippen molar-refractivity contribution in [2.45, 2.75) is 25.5 Å². The summed E-state index contributed by atoms with van der Waals surface area (Å²) in [6, 6.07) is 3.71. The highest BCUT2D eigenvalue weighted by Crippen LogP contribution is 2.30. The van der Waals surface area contributed by atoms with Gasteiger partial charge in [0.25, 0.3) is 0 Å². The lowest BCUT2D eigenvalue weighted by Crippen LogP contribution is -2.18. The van der Waals surface area contributed by atoms with E-state index in [-0.39, 0.29) is 6.23 Å². The van der Waals surface area contributed by atoms with E-state index in [0.717, 1.165) is 30.4 Å². The predicted octanol–water partition coefficient (Wildman–Crippen LogP) is 2.97. The lowest BCUT2D eigenvalue weighted by atomic mass is 10.2. The summed E-state index contributed by atoms with van der Waals surface area (Å²) in [6.45, 7) is 0.800.